The molecule has 0 unspecified atom stereocenters. The molecule has 4 nitrogen and oxygen atoms in total. The van der Waals surface area contributed by atoms with E-state index in [4.69, 9.17) is 10.5 Å². The quantitative estimate of drug-likeness (QED) is 0.705. The minimum atomic E-state index is -0.412. The Bertz CT molecular complexity index is 311. The molecule has 1 saturated carbocycles. The van der Waals surface area contributed by atoms with Gasteiger partial charge in [0, 0.05) is 24.5 Å². The van der Waals surface area contributed by atoms with E-state index in [1.165, 1.54) is 6.42 Å². The Morgan fingerprint density at radius 3 is 2.65 bits per heavy atom. The Hall–Kier alpha value is -0.770. The van der Waals surface area contributed by atoms with E-state index in [1.807, 2.05) is 25.7 Å². The van der Waals surface area contributed by atoms with E-state index in [0.717, 1.165) is 32.4 Å². The largest absolute Gasteiger partial charge is 0.444 e. The van der Waals surface area contributed by atoms with Crippen LogP contribution in [0.5, 0.6) is 0 Å². The standard InChI is InChI=1S/C13H24N2O2/c1-12(2,3)17-11(16)15-8-7-13(9-15)6-4-5-10(13)14/h10H,4-9,14H2,1-3H3/t10-,13+/m1/s1. The molecule has 1 heterocycles. The minimum absolute atomic E-state index is 0.177. The molecule has 0 aromatic carbocycles. The summed E-state index contributed by atoms with van der Waals surface area (Å²) in [6, 6.07) is 0.259. The Morgan fingerprint density at radius 1 is 1.41 bits per heavy atom. The van der Waals surface area contributed by atoms with Gasteiger partial charge in [-0.15, -0.1) is 0 Å². The summed E-state index contributed by atoms with van der Waals surface area (Å²) >= 11 is 0. The molecule has 0 radical (unpaired) electrons. The lowest BCUT2D eigenvalue weighted by Crippen LogP contribution is -2.41. The van der Waals surface area contributed by atoms with Gasteiger partial charge in [-0.1, -0.05) is 6.42 Å². The van der Waals surface area contributed by atoms with Crippen molar-refractivity contribution in [3.63, 3.8) is 0 Å². The molecule has 2 N–H and O–H groups in total. The molecule has 98 valence electrons. The second kappa shape index (κ2) is 4.16. The Morgan fingerprint density at radius 2 is 2.12 bits per heavy atom. The molecular formula is C13H24N2O2. The second-order valence-corrected chi connectivity index (χ2v) is 6.51. The van der Waals surface area contributed by atoms with Crippen LogP contribution in [0.25, 0.3) is 0 Å². The summed E-state index contributed by atoms with van der Waals surface area (Å²) in [5.74, 6) is 0. The third-order valence-corrected chi connectivity index (χ3v) is 4.01. The van der Waals surface area contributed by atoms with Gasteiger partial charge in [0.2, 0.25) is 0 Å². The van der Waals surface area contributed by atoms with Gasteiger partial charge < -0.3 is 15.4 Å². The SMILES string of the molecule is CC(C)(C)OC(=O)N1CC[C@@]2(CCC[C@H]2N)C1. The van der Waals surface area contributed by atoms with Crippen LogP contribution in [0.15, 0.2) is 0 Å². The van der Waals surface area contributed by atoms with Crippen LogP contribution in [0.4, 0.5) is 4.79 Å². The number of nitrogens with zero attached hydrogens (tertiary/aromatic N) is 1. The molecule has 2 rings (SSSR count). The van der Waals surface area contributed by atoms with Gasteiger partial charge in [-0.05, 0) is 40.0 Å². The van der Waals surface area contributed by atoms with E-state index >= 15 is 0 Å². The topological polar surface area (TPSA) is 55.6 Å². The number of ether oxygens (including phenoxy) is 1. The molecule has 2 aliphatic rings. The van der Waals surface area contributed by atoms with E-state index in [1.54, 1.807) is 0 Å². The molecule has 2 atom stereocenters. The number of carbonyl (C=O) groups is 1. The normalized spacial score (nSPS) is 33.4. The van der Waals surface area contributed by atoms with Crippen molar-refractivity contribution in [2.45, 2.75) is 58.1 Å². The summed E-state index contributed by atoms with van der Waals surface area (Å²) in [4.78, 5) is 13.8. The van der Waals surface area contributed by atoms with Gasteiger partial charge in [-0.3, -0.25) is 0 Å². The summed E-state index contributed by atoms with van der Waals surface area (Å²) in [6.07, 6.45) is 4.31. The van der Waals surface area contributed by atoms with E-state index < -0.39 is 5.60 Å². The molecule has 0 bridgehead atoms. The van der Waals surface area contributed by atoms with E-state index in [0.29, 0.717) is 0 Å². The Balaban J connectivity index is 1.96. The minimum Gasteiger partial charge on any atom is -0.444 e. The first kappa shape index (κ1) is 12.7. The molecule has 0 aromatic rings. The van der Waals surface area contributed by atoms with E-state index in [2.05, 4.69) is 0 Å². The molecule has 1 aliphatic heterocycles. The van der Waals surface area contributed by atoms with Crippen LogP contribution in [0.2, 0.25) is 0 Å². The maximum absolute atomic E-state index is 12.0. The average molecular weight is 240 g/mol. The van der Waals surface area contributed by atoms with Crippen LogP contribution >= 0.6 is 0 Å². The van der Waals surface area contributed by atoms with Gasteiger partial charge >= 0.3 is 6.09 Å². The van der Waals surface area contributed by atoms with Gasteiger partial charge in [0.05, 0.1) is 0 Å². The van der Waals surface area contributed by atoms with Crippen molar-refractivity contribution in [1.29, 1.82) is 0 Å². The van der Waals surface area contributed by atoms with Crippen LogP contribution in [0.3, 0.4) is 0 Å². The predicted molar refractivity (Wildman–Crippen MR) is 66.7 cm³/mol. The molecule has 0 aromatic heterocycles. The zero-order valence-electron chi connectivity index (χ0n) is 11.2. The van der Waals surface area contributed by atoms with E-state index in [-0.39, 0.29) is 17.6 Å². The fourth-order valence-electron chi connectivity index (χ4n) is 3.05. The Kier molecular flexibility index (Phi) is 3.10. The summed E-state index contributed by atoms with van der Waals surface area (Å²) < 4.78 is 5.41. The van der Waals surface area contributed by atoms with Crippen LogP contribution in [-0.4, -0.2) is 35.7 Å². The highest BCUT2D eigenvalue weighted by Gasteiger charge is 2.47. The Labute approximate surface area is 103 Å². The van der Waals surface area contributed by atoms with Gasteiger partial charge in [-0.2, -0.15) is 0 Å². The summed E-state index contributed by atoms with van der Waals surface area (Å²) in [7, 11) is 0. The van der Waals surface area contributed by atoms with Crippen molar-refractivity contribution < 1.29 is 9.53 Å². The third kappa shape index (κ3) is 2.57. The van der Waals surface area contributed by atoms with Gasteiger partial charge in [-0.25, -0.2) is 4.79 Å². The molecule has 17 heavy (non-hydrogen) atoms. The highest BCUT2D eigenvalue weighted by Crippen LogP contribution is 2.44. The van der Waals surface area contributed by atoms with Crippen LogP contribution in [0.1, 0.15) is 46.5 Å². The predicted octanol–water partition coefficient (Wildman–Crippen LogP) is 2.12. The lowest BCUT2D eigenvalue weighted by molar-refractivity contribution is 0.0271. The first-order chi connectivity index (χ1) is 7.82. The molecule has 2 fully saturated rings. The van der Waals surface area contributed by atoms with Gasteiger partial charge in [0.1, 0.15) is 5.60 Å². The average Bonchev–Trinajstić information content (AvgIpc) is 2.74. The van der Waals surface area contributed by atoms with Crippen molar-refractivity contribution in [1.82, 2.24) is 4.90 Å². The number of rotatable bonds is 0. The highest BCUT2D eigenvalue weighted by molar-refractivity contribution is 5.68. The highest BCUT2D eigenvalue weighted by atomic mass is 16.6. The molecular weight excluding hydrogens is 216 g/mol. The number of hydrogen-bond donors (Lipinski definition) is 1. The lowest BCUT2D eigenvalue weighted by atomic mass is 9.82. The number of amides is 1. The van der Waals surface area contributed by atoms with Crippen LogP contribution in [-0.2, 0) is 4.74 Å². The number of likely N-dealkylation sites (tertiary alicyclic amines) is 1. The summed E-state index contributed by atoms with van der Waals surface area (Å²) in [6.45, 7) is 7.28. The summed E-state index contributed by atoms with van der Waals surface area (Å²) in [5.41, 5.74) is 5.95. The van der Waals surface area contributed by atoms with Crippen molar-refractivity contribution in [2.24, 2.45) is 11.1 Å². The maximum Gasteiger partial charge on any atom is 0.410 e. The smallest absolute Gasteiger partial charge is 0.410 e. The molecule has 4 heteroatoms. The monoisotopic (exact) mass is 240 g/mol. The van der Waals surface area contributed by atoms with E-state index in [9.17, 15) is 4.79 Å². The zero-order valence-corrected chi connectivity index (χ0v) is 11.2. The molecule has 1 amide bonds. The fraction of sp³-hybridized carbons (Fsp3) is 0.923. The van der Waals surface area contributed by atoms with Crippen molar-refractivity contribution >= 4 is 6.09 Å². The van der Waals surface area contributed by atoms with Crippen LogP contribution in [0, 0.1) is 5.41 Å². The van der Waals surface area contributed by atoms with Crippen molar-refractivity contribution in [3.8, 4) is 0 Å². The molecule has 1 saturated heterocycles. The number of nitrogens with two attached hydrogens (primary N) is 1. The van der Waals surface area contributed by atoms with Crippen LogP contribution < -0.4 is 5.73 Å². The third-order valence-electron chi connectivity index (χ3n) is 4.01. The summed E-state index contributed by atoms with van der Waals surface area (Å²) in [5, 5.41) is 0. The second-order valence-electron chi connectivity index (χ2n) is 6.51. The fourth-order valence-corrected chi connectivity index (χ4v) is 3.05. The van der Waals surface area contributed by atoms with Crippen molar-refractivity contribution in [2.75, 3.05) is 13.1 Å². The molecule has 1 aliphatic carbocycles. The molecule has 1 spiro atoms. The number of hydrogen-bond acceptors (Lipinski definition) is 3. The zero-order chi connectivity index (χ0) is 12.7. The van der Waals surface area contributed by atoms with Crippen molar-refractivity contribution in [3.05, 3.63) is 0 Å². The number of carbonyl (C=O) groups excluding carboxylic acids is 1. The first-order valence-electron chi connectivity index (χ1n) is 6.56. The van der Waals surface area contributed by atoms with Gasteiger partial charge in [0.15, 0.2) is 0 Å². The van der Waals surface area contributed by atoms with Gasteiger partial charge in [0.25, 0.3) is 0 Å². The first-order valence-corrected chi connectivity index (χ1v) is 6.56. The maximum atomic E-state index is 12.0. The lowest BCUT2D eigenvalue weighted by Gasteiger charge is -2.29.